The van der Waals surface area contributed by atoms with Crippen molar-refractivity contribution in [3.05, 3.63) is 23.5 Å². The Hall–Kier alpha value is -1.78. The lowest BCUT2D eigenvalue weighted by molar-refractivity contribution is 0.190. The van der Waals surface area contributed by atoms with Gasteiger partial charge < -0.3 is 9.30 Å². The Bertz CT molecular complexity index is 702. The molecule has 9 nitrogen and oxygen atoms in total. The third kappa shape index (κ3) is 3.70. The van der Waals surface area contributed by atoms with Crippen LogP contribution in [0.15, 0.2) is 11.2 Å². The number of aromatic nitrogens is 5. The van der Waals surface area contributed by atoms with Crippen molar-refractivity contribution in [3.63, 3.8) is 0 Å². The SMILES string of the molecule is COCCCn1cnnc1CNS(=O)(=O)c1c(C)n[nH]c1C. The van der Waals surface area contributed by atoms with E-state index < -0.39 is 10.0 Å². The monoisotopic (exact) mass is 328 g/mol. The van der Waals surface area contributed by atoms with E-state index in [9.17, 15) is 8.42 Å². The third-order valence-electron chi connectivity index (χ3n) is 3.19. The first kappa shape index (κ1) is 16.6. The number of nitrogens with zero attached hydrogens (tertiary/aromatic N) is 4. The first-order valence-electron chi connectivity index (χ1n) is 6.82. The molecule has 0 atom stereocenters. The number of hydrogen-bond acceptors (Lipinski definition) is 6. The van der Waals surface area contributed by atoms with Crippen LogP contribution in [0.25, 0.3) is 0 Å². The molecule has 2 aromatic rings. The Morgan fingerprint density at radius 2 is 2.18 bits per heavy atom. The maximum atomic E-state index is 12.4. The second-order valence-electron chi connectivity index (χ2n) is 4.87. The highest BCUT2D eigenvalue weighted by molar-refractivity contribution is 7.89. The molecule has 0 saturated carbocycles. The summed E-state index contributed by atoms with van der Waals surface area (Å²) in [6.07, 6.45) is 2.38. The average Bonchev–Trinajstić information content (AvgIpc) is 3.04. The van der Waals surface area contributed by atoms with Crippen LogP contribution < -0.4 is 4.72 Å². The fourth-order valence-corrected chi connectivity index (χ4v) is 3.50. The zero-order valence-electron chi connectivity index (χ0n) is 12.8. The topological polar surface area (TPSA) is 115 Å². The van der Waals surface area contributed by atoms with E-state index in [0.717, 1.165) is 6.42 Å². The predicted octanol–water partition coefficient (Wildman–Crippen LogP) is 0.133. The van der Waals surface area contributed by atoms with Crippen molar-refractivity contribution in [3.8, 4) is 0 Å². The molecular formula is C12H20N6O3S. The van der Waals surface area contributed by atoms with Crippen LogP contribution in [0.1, 0.15) is 23.6 Å². The number of nitrogens with one attached hydrogen (secondary N) is 2. The van der Waals surface area contributed by atoms with E-state index in [0.29, 0.717) is 30.4 Å². The summed E-state index contributed by atoms with van der Waals surface area (Å²) in [5.41, 5.74) is 0.943. The molecule has 2 rings (SSSR count). The molecule has 122 valence electrons. The molecule has 0 spiro atoms. The molecule has 0 aliphatic rings. The molecule has 22 heavy (non-hydrogen) atoms. The Labute approximate surface area is 129 Å². The number of aromatic amines is 1. The Morgan fingerprint density at radius 1 is 1.41 bits per heavy atom. The summed E-state index contributed by atoms with van der Waals surface area (Å²) in [5.74, 6) is 0.554. The molecule has 0 amide bonds. The lowest BCUT2D eigenvalue weighted by atomic mass is 10.4. The van der Waals surface area contributed by atoms with Gasteiger partial charge in [0, 0.05) is 20.3 Å². The fourth-order valence-electron chi connectivity index (χ4n) is 2.15. The summed E-state index contributed by atoms with van der Waals surface area (Å²) in [4.78, 5) is 0.179. The summed E-state index contributed by atoms with van der Waals surface area (Å²) in [6, 6.07) is 0. The first-order chi connectivity index (χ1) is 10.5. The smallest absolute Gasteiger partial charge is 0.244 e. The second kappa shape index (κ2) is 6.99. The van der Waals surface area contributed by atoms with Gasteiger partial charge >= 0.3 is 0 Å². The van der Waals surface area contributed by atoms with Gasteiger partial charge in [-0.25, -0.2) is 13.1 Å². The summed E-state index contributed by atoms with van der Waals surface area (Å²) < 4.78 is 34.0. The van der Waals surface area contributed by atoms with Crippen LogP contribution >= 0.6 is 0 Å². The van der Waals surface area contributed by atoms with Crippen molar-refractivity contribution in [1.82, 2.24) is 29.7 Å². The molecule has 2 heterocycles. The lowest BCUT2D eigenvalue weighted by Crippen LogP contribution is -2.26. The van der Waals surface area contributed by atoms with Gasteiger partial charge in [0.05, 0.1) is 17.9 Å². The molecule has 0 aliphatic carbocycles. The fraction of sp³-hybridized carbons (Fsp3) is 0.583. The van der Waals surface area contributed by atoms with Crippen molar-refractivity contribution >= 4 is 10.0 Å². The number of sulfonamides is 1. The number of H-pyrrole nitrogens is 1. The Kier molecular flexibility index (Phi) is 5.27. The number of aryl methyl sites for hydroxylation is 3. The van der Waals surface area contributed by atoms with Crippen molar-refractivity contribution in [2.75, 3.05) is 13.7 Å². The summed E-state index contributed by atoms with van der Waals surface area (Å²) in [6.45, 7) is 4.67. The van der Waals surface area contributed by atoms with E-state index in [1.165, 1.54) is 0 Å². The molecule has 2 N–H and O–H groups in total. The maximum Gasteiger partial charge on any atom is 0.244 e. The average molecular weight is 328 g/mol. The van der Waals surface area contributed by atoms with E-state index in [1.807, 2.05) is 0 Å². The molecule has 0 radical (unpaired) electrons. The van der Waals surface area contributed by atoms with Crippen LogP contribution in [0.3, 0.4) is 0 Å². The first-order valence-corrected chi connectivity index (χ1v) is 8.31. The van der Waals surface area contributed by atoms with E-state index in [4.69, 9.17) is 4.74 Å². The van der Waals surface area contributed by atoms with Gasteiger partial charge in [-0.1, -0.05) is 0 Å². The zero-order valence-corrected chi connectivity index (χ0v) is 13.6. The largest absolute Gasteiger partial charge is 0.385 e. The van der Waals surface area contributed by atoms with E-state index in [1.54, 1.807) is 31.9 Å². The highest BCUT2D eigenvalue weighted by Gasteiger charge is 2.22. The molecule has 10 heteroatoms. The molecule has 0 bridgehead atoms. The molecule has 0 aromatic carbocycles. The second-order valence-corrected chi connectivity index (χ2v) is 6.58. The molecule has 0 saturated heterocycles. The van der Waals surface area contributed by atoms with Crippen LogP contribution in [0.5, 0.6) is 0 Å². The molecule has 2 aromatic heterocycles. The molecule has 0 aliphatic heterocycles. The minimum atomic E-state index is -3.65. The minimum absolute atomic E-state index is 0.0688. The normalized spacial score (nSPS) is 12.0. The maximum absolute atomic E-state index is 12.4. The van der Waals surface area contributed by atoms with Crippen LogP contribution in [-0.2, 0) is 27.8 Å². The summed E-state index contributed by atoms with van der Waals surface area (Å²) >= 11 is 0. The van der Waals surface area contributed by atoms with Gasteiger partial charge in [0.25, 0.3) is 0 Å². The van der Waals surface area contributed by atoms with E-state index in [2.05, 4.69) is 25.1 Å². The van der Waals surface area contributed by atoms with Crippen molar-refractivity contribution in [1.29, 1.82) is 0 Å². The summed E-state index contributed by atoms with van der Waals surface area (Å²) in [5, 5.41) is 14.3. The summed E-state index contributed by atoms with van der Waals surface area (Å²) in [7, 11) is -2.01. The Morgan fingerprint density at radius 3 is 2.82 bits per heavy atom. The standard InChI is InChI=1S/C12H20N6O3S/c1-9-12(10(2)16-15-9)22(19,20)14-7-11-17-13-8-18(11)5-4-6-21-3/h8,14H,4-7H2,1-3H3,(H,15,16). The van der Waals surface area contributed by atoms with Crippen LogP contribution in [-0.4, -0.2) is 47.1 Å². The predicted molar refractivity (Wildman–Crippen MR) is 78.6 cm³/mol. The number of hydrogen-bond donors (Lipinski definition) is 2. The highest BCUT2D eigenvalue weighted by atomic mass is 32.2. The highest BCUT2D eigenvalue weighted by Crippen LogP contribution is 2.16. The third-order valence-corrected chi connectivity index (χ3v) is 4.86. The van der Waals surface area contributed by atoms with Crippen LogP contribution in [0.2, 0.25) is 0 Å². The number of ether oxygens (including phenoxy) is 1. The van der Waals surface area contributed by atoms with Gasteiger partial charge in [-0.2, -0.15) is 5.10 Å². The molecule has 0 fully saturated rings. The van der Waals surface area contributed by atoms with Gasteiger partial charge in [-0.15, -0.1) is 10.2 Å². The number of methoxy groups -OCH3 is 1. The van der Waals surface area contributed by atoms with E-state index in [-0.39, 0.29) is 11.4 Å². The molecule has 0 unspecified atom stereocenters. The minimum Gasteiger partial charge on any atom is -0.385 e. The Balaban J connectivity index is 2.05. The van der Waals surface area contributed by atoms with Gasteiger partial charge in [0.1, 0.15) is 17.0 Å². The lowest BCUT2D eigenvalue weighted by Gasteiger charge is -2.08. The van der Waals surface area contributed by atoms with Crippen molar-refractivity contribution in [2.45, 2.75) is 38.3 Å². The van der Waals surface area contributed by atoms with Gasteiger partial charge in [-0.3, -0.25) is 5.10 Å². The van der Waals surface area contributed by atoms with Crippen LogP contribution in [0.4, 0.5) is 0 Å². The van der Waals surface area contributed by atoms with Gasteiger partial charge in [0.2, 0.25) is 10.0 Å². The molecular weight excluding hydrogens is 308 g/mol. The number of rotatable bonds is 8. The van der Waals surface area contributed by atoms with Crippen molar-refractivity contribution < 1.29 is 13.2 Å². The quantitative estimate of drug-likeness (QED) is 0.666. The van der Waals surface area contributed by atoms with Gasteiger partial charge in [-0.05, 0) is 20.3 Å². The zero-order chi connectivity index (χ0) is 16.2. The van der Waals surface area contributed by atoms with Crippen LogP contribution in [0, 0.1) is 13.8 Å². The van der Waals surface area contributed by atoms with E-state index >= 15 is 0 Å². The van der Waals surface area contributed by atoms with Crippen molar-refractivity contribution in [2.24, 2.45) is 0 Å². The van der Waals surface area contributed by atoms with Gasteiger partial charge in [0.15, 0.2) is 0 Å².